The van der Waals surface area contributed by atoms with Crippen LogP contribution in [0.1, 0.15) is 34.5 Å². The van der Waals surface area contributed by atoms with Gasteiger partial charge in [-0.05, 0) is 37.0 Å². The summed E-state index contributed by atoms with van der Waals surface area (Å²) in [6.45, 7) is 2.19. The molecular formula is C20H20N2O2S. The first-order chi connectivity index (χ1) is 12.2. The molecule has 1 saturated heterocycles. The number of hydrogen-bond donors (Lipinski definition) is 0. The van der Waals surface area contributed by atoms with Gasteiger partial charge in [-0.3, -0.25) is 9.59 Å². The second kappa shape index (κ2) is 6.84. The number of pyridine rings is 1. The number of piperidine rings is 1. The molecule has 0 aliphatic carbocycles. The minimum absolute atomic E-state index is 0.0321. The van der Waals surface area contributed by atoms with Crippen LogP contribution in [0.5, 0.6) is 0 Å². The number of rotatable bonds is 3. The van der Waals surface area contributed by atoms with Crippen molar-refractivity contribution in [3.8, 4) is 0 Å². The van der Waals surface area contributed by atoms with Crippen LogP contribution in [0.25, 0.3) is 10.1 Å². The van der Waals surface area contributed by atoms with Crippen LogP contribution >= 0.6 is 11.3 Å². The molecule has 0 spiro atoms. The maximum atomic E-state index is 12.8. The van der Waals surface area contributed by atoms with Crippen molar-refractivity contribution in [2.24, 2.45) is 0 Å². The highest BCUT2D eigenvalue weighted by Gasteiger charge is 2.21. The van der Waals surface area contributed by atoms with Gasteiger partial charge in [0.1, 0.15) is 0 Å². The first-order valence-corrected chi connectivity index (χ1v) is 9.50. The zero-order chi connectivity index (χ0) is 17.2. The Hall–Kier alpha value is -2.40. The zero-order valence-corrected chi connectivity index (χ0v) is 14.8. The van der Waals surface area contributed by atoms with Gasteiger partial charge in [0, 0.05) is 24.0 Å². The Labute approximate surface area is 150 Å². The van der Waals surface area contributed by atoms with Crippen molar-refractivity contribution in [1.82, 2.24) is 9.47 Å². The molecule has 1 aliphatic rings. The Morgan fingerprint density at radius 3 is 2.56 bits per heavy atom. The van der Waals surface area contributed by atoms with Gasteiger partial charge < -0.3 is 9.47 Å². The topological polar surface area (TPSA) is 42.3 Å². The lowest BCUT2D eigenvalue weighted by Gasteiger charge is -2.26. The Morgan fingerprint density at radius 1 is 1.04 bits per heavy atom. The van der Waals surface area contributed by atoms with Crippen molar-refractivity contribution < 1.29 is 4.79 Å². The van der Waals surface area contributed by atoms with E-state index in [1.54, 1.807) is 10.6 Å². The highest BCUT2D eigenvalue weighted by molar-refractivity contribution is 7.20. The summed E-state index contributed by atoms with van der Waals surface area (Å²) < 4.78 is 2.59. The molecule has 1 amide bonds. The standard InChI is InChI=1S/C20H20N2O2S/c23-19-16-13-18(20(24)21-10-5-2-6-11-21)25-17(16)9-12-22(19)14-15-7-3-1-4-8-15/h1,3-4,7-9,12-13H,2,5-6,10-11,14H2. The maximum Gasteiger partial charge on any atom is 0.263 e. The molecule has 0 unspecified atom stereocenters. The first kappa shape index (κ1) is 16.1. The van der Waals surface area contributed by atoms with Gasteiger partial charge in [-0.15, -0.1) is 11.3 Å². The highest BCUT2D eigenvalue weighted by Crippen LogP contribution is 2.25. The van der Waals surface area contributed by atoms with E-state index in [0.29, 0.717) is 16.8 Å². The van der Waals surface area contributed by atoms with E-state index in [0.717, 1.165) is 36.2 Å². The molecule has 1 aromatic carbocycles. The number of hydrogen-bond acceptors (Lipinski definition) is 3. The first-order valence-electron chi connectivity index (χ1n) is 8.68. The quantitative estimate of drug-likeness (QED) is 0.721. The second-order valence-electron chi connectivity index (χ2n) is 6.48. The van der Waals surface area contributed by atoms with Gasteiger partial charge in [0.05, 0.1) is 16.8 Å². The smallest absolute Gasteiger partial charge is 0.263 e. The number of aromatic nitrogens is 1. The summed E-state index contributed by atoms with van der Waals surface area (Å²) in [7, 11) is 0. The predicted octanol–water partition coefficient (Wildman–Crippen LogP) is 3.74. The SMILES string of the molecule is O=C(c1cc2c(=O)n(Cc3ccccc3)ccc2s1)N1CCCCC1. The molecule has 0 N–H and O–H groups in total. The molecule has 0 saturated carbocycles. The number of carbonyl (C=O) groups excluding carboxylic acids is 1. The van der Waals surface area contributed by atoms with Gasteiger partial charge in [-0.2, -0.15) is 0 Å². The van der Waals surface area contributed by atoms with Crippen LogP contribution in [-0.2, 0) is 6.54 Å². The molecule has 25 heavy (non-hydrogen) atoms. The van der Waals surface area contributed by atoms with E-state index in [1.807, 2.05) is 47.5 Å². The molecule has 0 radical (unpaired) electrons. The maximum absolute atomic E-state index is 12.8. The van der Waals surface area contributed by atoms with Crippen LogP contribution in [0.4, 0.5) is 0 Å². The third-order valence-corrected chi connectivity index (χ3v) is 5.80. The average Bonchev–Trinajstić information content (AvgIpc) is 3.10. The molecule has 0 atom stereocenters. The third-order valence-electron chi connectivity index (χ3n) is 4.71. The van der Waals surface area contributed by atoms with E-state index in [1.165, 1.54) is 17.8 Å². The molecule has 2 aromatic heterocycles. The molecule has 1 fully saturated rings. The second-order valence-corrected chi connectivity index (χ2v) is 7.56. The van der Waals surface area contributed by atoms with Gasteiger partial charge >= 0.3 is 0 Å². The lowest BCUT2D eigenvalue weighted by Crippen LogP contribution is -2.35. The molecule has 4 rings (SSSR count). The fourth-order valence-corrected chi connectivity index (χ4v) is 4.35. The summed E-state index contributed by atoms with van der Waals surface area (Å²) in [4.78, 5) is 28.1. The van der Waals surface area contributed by atoms with E-state index in [2.05, 4.69) is 0 Å². The zero-order valence-electron chi connectivity index (χ0n) is 14.0. The van der Waals surface area contributed by atoms with Crippen LogP contribution in [-0.4, -0.2) is 28.5 Å². The number of amides is 1. The normalized spacial score (nSPS) is 14.8. The highest BCUT2D eigenvalue weighted by atomic mass is 32.1. The summed E-state index contributed by atoms with van der Waals surface area (Å²) in [5.74, 6) is 0.0647. The van der Waals surface area contributed by atoms with Crippen LogP contribution in [0, 0.1) is 0 Å². The lowest BCUT2D eigenvalue weighted by atomic mass is 10.1. The largest absolute Gasteiger partial charge is 0.338 e. The van der Waals surface area contributed by atoms with Crippen LogP contribution in [0.3, 0.4) is 0 Å². The van der Waals surface area contributed by atoms with E-state index in [9.17, 15) is 9.59 Å². The summed E-state index contributed by atoms with van der Waals surface area (Å²) >= 11 is 1.42. The number of benzene rings is 1. The molecule has 4 nitrogen and oxygen atoms in total. The van der Waals surface area contributed by atoms with Crippen LogP contribution in [0.15, 0.2) is 53.5 Å². The number of likely N-dealkylation sites (tertiary alicyclic amines) is 1. The summed E-state index contributed by atoms with van der Waals surface area (Å²) in [5, 5.41) is 0.642. The molecule has 3 heterocycles. The van der Waals surface area contributed by atoms with Crippen LogP contribution < -0.4 is 5.56 Å². The van der Waals surface area contributed by atoms with Gasteiger partial charge in [-0.25, -0.2) is 0 Å². The number of nitrogens with zero attached hydrogens (tertiary/aromatic N) is 2. The van der Waals surface area contributed by atoms with Crippen molar-refractivity contribution >= 4 is 27.3 Å². The van der Waals surface area contributed by atoms with Gasteiger partial charge in [0.2, 0.25) is 0 Å². The van der Waals surface area contributed by atoms with Crippen LogP contribution in [0.2, 0.25) is 0 Å². The average molecular weight is 352 g/mol. The van der Waals surface area contributed by atoms with Crippen molar-refractivity contribution in [3.63, 3.8) is 0 Å². The minimum Gasteiger partial charge on any atom is -0.338 e. The Balaban J connectivity index is 1.65. The summed E-state index contributed by atoms with van der Waals surface area (Å²) in [5.41, 5.74) is 1.05. The van der Waals surface area contributed by atoms with Crippen molar-refractivity contribution in [1.29, 1.82) is 0 Å². The Kier molecular flexibility index (Phi) is 4.40. The van der Waals surface area contributed by atoms with Crippen molar-refractivity contribution in [2.75, 3.05) is 13.1 Å². The third kappa shape index (κ3) is 3.24. The fraction of sp³-hybridized carbons (Fsp3) is 0.300. The van der Waals surface area contributed by atoms with E-state index in [4.69, 9.17) is 0 Å². The molecular weight excluding hydrogens is 332 g/mol. The van der Waals surface area contributed by atoms with E-state index >= 15 is 0 Å². The predicted molar refractivity (Wildman–Crippen MR) is 101 cm³/mol. The Bertz CT molecular complexity index is 953. The van der Waals surface area contributed by atoms with Crippen molar-refractivity contribution in [2.45, 2.75) is 25.8 Å². The summed E-state index contributed by atoms with van der Waals surface area (Å²) in [6, 6.07) is 13.6. The number of thiophene rings is 1. The molecule has 5 heteroatoms. The minimum atomic E-state index is -0.0321. The molecule has 1 aliphatic heterocycles. The molecule has 0 bridgehead atoms. The molecule has 3 aromatic rings. The lowest BCUT2D eigenvalue weighted by molar-refractivity contribution is 0.0729. The van der Waals surface area contributed by atoms with Gasteiger partial charge in [0.25, 0.3) is 11.5 Å². The monoisotopic (exact) mass is 352 g/mol. The van der Waals surface area contributed by atoms with E-state index < -0.39 is 0 Å². The van der Waals surface area contributed by atoms with E-state index in [-0.39, 0.29) is 11.5 Å². The Morgan fingerprint density at radius 2 is 1.80 bits per heavy atom. The number of fused-ring (bicyclic) bond motifs is 1. The molecule has 128 valence electrons. The van der Waals surface area contributed by atoms with Gasteiger partial charge in [-0.1, -0.05) is 30.3 Å². The number of carbonyl (C=O) groups is 1. The van der Waals surface area contributed by atoms with Crippen molar-refractivity contribution in [3.05, 3.63) is 69.5 Å². The summed E-state index contributed by atoms with van der Waals surface area (Å²) in [6.07, 6.45) is 5.16. The fourth-order valence-electron chi connectivity index (χ4n) is 3.34. The van der Waals surface area contributed by atoms with Gasteiger partial charge in [0.15, 0.2) is 0 Å².